The molecule has 3 N–H and O–H groups in total. The molecule has 42 heavy (non-hydrogen) atoms. The number of halogens is 1. The van der Waals surface area contributed by atoms with Gasteiger partial charge in [-0.05, 0) is 56.9 Å². The summed E-state index contributed by atoms with van der Waals surface area (Å²) in [6, 6.07) is 2.33. The highest BCUT2D eigenvalue weighted by atomic mass is 19.1. The van der Waals surface area contributed by atoms with Gasteiger partial charge >= 0.3 is 12.1 Å². The van der Waals surface area contributed by atoms with Crippen LogP contribution in [0.4, 0.5) is 9.18 Å². The molecule has 1 aliphatic heterocycles. The fourth-order valence-corrected chi connectivity index (χ4v) is 4.78. The monoisotopic (exact) mass is 590 g/mol. The van der Waals surface area contributed by atoms with Crippen molar-refractivity contribution in [1.29, 1.82) is 0 Å². The van der Waals surface area contributed by atoms with E-state index in [1.54, 1.807) is 33.0 Å². The normalized spacial score (nSPS) is 17.7. The molecule has 0 aliphatic carbocycles. The first kappa shape index (κ1) is 32.8. The Morgan fingerprint density at radius 2 is 1.95 bits per heavy atom. The van der Waals surface area contributed by atoms with Gasteiger partial charge in [0.15, 0.2) is 0 Å². The zero-order valence-electron chi connectivity index (χ0n) is 25.3. The quantitative estimate of drug-likeness (QED) is 0.338. The average molecular weight is 591 g/mol. The standard InChI is InChI=1S/C30H43FN4O7/c1-7-18(2)26(28(38)40-6)34-27(37)23(15-19-17-32-22-16-20(31)9-10-21(19)22)33-24(36)11-12-25-35(13-8-14-41-25)29(39)42-30(3,4)5/h9-10,16-18,23,25-26,32H,7-8,11-15H2,1-6H3,(H,33,36)(H,34,37)/t18-,23?,25?,26-/m0/s1. The van der Waals surface area contributed by atoms with Crippen LogP contribution < -0.4 is 10.6 Å². The van der Waals surface area contributed by atoms with Crippen LogP contribution in [-0.4, -0.2) is 77.9 Å². The van der Waals surface area contributed by atoms with Gasteiger partial charge in [-0.1, -0.05) is 20.3 Å². The summed E-state index contributed by atoms with van der Waals surface area (Å²) in [5.74, 6) is -2.19. The van der Waals surface area contributed by atoms with Crippen molar-refractivity contribution in [3.63, 3.8) is 0 Å². The second kappa shape index (κ2) is 14.5. The van der Waals surface area contributed by atoms with Gasteiger partial charge in [0, 0.05) is 42.9 Å². The number of aromatic amines is 1. The van der Waals surface area contributed by atoms with Crippen molar-refractivity contribution in [1.82, 2.24) is 20.5 Å². The highest BCUT2D eigenvalue weighted by molar-refractivity contribution is 5.92. The minimum Gasteiger partial charge on any atom is -0.467 e. The molecule has 2 unspecified atom stereocenters. The third kappa shape index (κ3) is 8.91. The van der Waals surface area contributed by atoms with E-state index in [-0.39, 0.29) is 25.2 Å². The van der Waals surface area contributed by atoms with Crippen LogP contribution in [0, 0.1) is 11.7 Å². The number of rotatable bonds is 11. The summed E-state index contributed by atoms with van der Waals surface area (Å²) < 4.78 is 29.9. The van der Waals surface area contributed by atoms with Gasteiger partial charge < -0.3 is 29.8 Å². The fourth-order valence-electron chi connectivity index (χ4n) is 4.78. The first-order chi connectivity index (χ1) is 19.8. The lowest BCUT2D eigenvalue weighted by molar-refractivity contribution is -0.147. The molecule has 1 aliphatic rings. The van der Waals surface area contributed by atoms with Gasteiger partial charge in [-0.15, -0.1) is 0 Å². The van der Waals surface area contributed by atoms with Crippen LogP contribution in [0.3, 0.4) is 0 Å². The number of carbonyl (C=O) groups excluding carboxylic acids is 4. The highest BCUT2D eigenvalue weighted by Gasteiger charge is 2.33. The molecule has 0 bridgehead atoms. The maximum absolute atomic E-state index is 13.7. The Morgan fingerprint density at radius 3 is 2.62 bits per heavy atom. The van der Waals surface area contributed by atoms with Crippen molar-refractivity contribution >= 4 is 34.8 Å². The second-order valence-electron chi connectivity index (χ2n) is 11.6. The number of benzene rings is 1. The number of aromatic nitrogens is 1. The number of hydrogen-bond donors (Lipinski definition) is 3. The Morgan fingerprint density at radius 1 is 1.21 bits per heavy atom. The molecule has 12 heteroatoms. The fraction of sp³-hybridized carbons (Fsp3) is 0.600. The van der Waals surface area contributed by atoms with Gasteiger partial charge in [0.25, 0.3) is 0 Å². The molecule has 3 rings (SSSR count). The van der Waals surface area contributed by atoms with E-state index in [2.05, 4.69) is 15.6 Å². The molecule has 232 valence electrons. The van der Waals surface area contributed by atoms with E-state index >= 15 is 0 Å². The van der Waals surface area contributed by atoms with Gasteiger partial charge in [-0.3, -0.25) is 14.5 Å². The van der Waals surface area contributed by atoms with Gasteiger partial charge in [-0.2, -0.15) is 0 Å². The number of nitrogens with one attached hydrogen (secondary N) is 3. The number of amides is 3. The van der Waals surface area contributed by atoms with Gasteiger partial charge in [-0.25, -0.2) is 14.0 Å². The van der Waals surface area contributed by atoms with E-state index in [0.29, 0.717) is 42.5 Å². The lowest BCUT2D eigenvalue weighted by Gasteiger charge is -2.36. The van der Waals surface area contributed by atoms with E-state index in [0.717, 1.165) is 0 Å². The van der Waals surface area contributed by atoms with Crippen molar-refractivity contribution < 1.29 is 37.8 Å². The second-order valence-corrected chi connectivity index (χ2v) is 11.6. The minimum atomic E-state index is -1.05. The van der Waals surface area contributed by atoms with Crippen molar-refractivity contribution in [3.8, 4) is 0 Å². The third-order valence-corrected chi connectivity index (χ3v) is 7.22. The van der Waals surface area contributed by atoms with Crippen LogP contribution >= 0.6 is 0 Å². The van der Waals surface area contributed by atoms with Gasteiger partial charge in [0.05, 0.1) is 13.7 Å². The summed E-state index contributed by atoms with van der Waals surface area (Å²) in [5.41, 5.74) is 0.567. The molecule has 11 nitrogen and oxygen atoms in total. The van der Waals surface area contributed by atoms with Crippen molar-refractivity contribution in [3.05, 3.63) is 35.8 Å². The van der Waals surface area contributed by atoms with Gasteiger partial charge in [0.1, 0.15) is 29.7 Å². The van der Waals surface area contributed by atoms with E-state index in [1.165, 1.54) is 24.1 Å². The molecule has 0 spiro atoms. The predicted octanol–water partition coefficient (Wildman–Crippen LogP) is 3.80. The Labute approximate surface area is 245 Å². The number of H-pyrrole nitrogens is 1. The van der Waals surface area contributed by atoms with Crippen molar-refractivity contribution in [2.75, 3.05) is 20.3 Å². The SMILES string of the molecule is CC[C@H](C)[C@H](NC(=O)C(Cc1c[nH]c2cc(F)ccc12)NC(=O)CCC1OCCCN1C(=O)OC(C)(C)C)C(=O)OC. The van der Waals surface area contributed by atoms with Crippen LogP contribution in [-0.2, 0) is 35.0 Å². The molecule has 1 aromatic carbocycles. The number of fused-ring (bicyclic) bond motifs is 1. The molecule has 1 aromatic heterocycles. The Hall–Kier alpha value is -3.67. The van der Waals surface area contributed by atoms with E-state index in [1.807, 2.05) is 13.8 Å². The Bertz CT molecular complexity index is 1260. The molecule has 0 radical (unpaired) electrons. The number of esters is 1. The lowest BCUT2D eigenvalue weighted by atomic mass is 9.98. The van der Waals surface area contributed by atoms with Crippen LogP contribution in [0.2, 0.25) is 0 Å². The molecule has 0 saturated carbocycles. The summed E-state index contributed by atoms with van der Waals surface area (Å²) in [7, 11) is 1.25. The Balaban J connectivity index is 1.76. The summed E-state index contributed by atoms with van der Waals surface area (Å²) in [6.45, 7) is 9.94. The van der Waals surface area contributed by atoms with Crippen molar-refractivity contribution in [2.45, 2.75) is 90.6 Å². The molecule has 2 aromatic rings. The van der Waals surface area contributed by atoms with E-state index in [9.17, 15) is 23.6 Å². The molecule has 4 atom stereocenters. The largest absolute Gasteiger partial charge is 0.467 e. The zero-order valence-corrected chi connectivity index (χ0v) is 25.3. The summed E-state index contributed by atoms with van der Waals surface area (Å²) in [4.78, 5) is 56.3. The number of ether oxygens (including phenoxy) is 3. The van der Waals surface area contributed by atoms with Crippen molar-refractivity contribution in [2.24, 2.45) is 5.92 Å². The van der Waals surface area contributed by atoms with Crippen LogP contribution in [0.5, 0.6) is 0 Å². The first-order valence-corrected chi connectivity index (χ1v) is 14.4. The number of nitrogens with zero attached hydrogens (tertiary/aromatic N) is 1. The van der Waals surface area contributed by atoms with Gasteiger partial charge in [0.2, 0.25) is 11.8 Å². The summed E-state index contributed by atoms with van der Waals surface area (Å²) in [5, 5.41) is 6.25. The maximum atomic E-state index is 13.7. The molecular weight excluding hydrogens is 547 g/mol. The lowest BCUT2D eigenvalue weighted by Crippen LogP contribution is -2.54. The molecular formula is C30H43FN4O7. The molecule has 1 fully saturated rings. The topological polar surface area (TPSA) is 139 Å². The first-order valence-electron chi connectivity index (χ1n) is 14.4. The third-order valence-electron chi connectivity index (χ3n) is 7.22. The highest BCUT2D eigenvalue weighted by Crippen LogP contribution is 2.22. The zero-order chi connectivity index (χ0) is 31.0. The van der Waals surface area contributed by atoms with Crippen LogP contribution in [0.25, 0.3) is 10.9 Å². The number of hydrogen-bond acceptors (Lipinski definition) is 7. The van der Waals surface area contributed by atoms with Crippen LogP contribution in [0.15, 0.2) is 24.4 Å². The minimum absolute atomic E-state index is 0.0291. The number of methoxy groups -OCH3 is 1. The molecule has 2 heterocycles. The maximum Gasteiger partial charge on any atom is 0.412 e. The summed E-state index contributed by atoms with van der Waals surface area (Å²) in [6.07, 6.45) is 2.02. The van der Waals surface area contributed by atoms with E-state index < -0.39 is 53.6 Å². The molecule has 1 saturated heterocycles. The average Bonchev–Trinajstić information content (AvgIpc) is 3.34. The Kier molecular flexibility index (Phi) is 11.3. The molecule has 3 amide bonds. The smallest absolute Gasteiger partial charge is 0.412 e. The summed E-state index contributed by atoms with van der Waals surface area (Å²) >= 11 is 0. The van der Waals surface area contributed by atoms with Crippen LogP contribution in [0.1, 0.15) is 65.9 Å². The predicted molar refractivity (Wildman–Crippen MR) is 154 cm³/mol. The van der Waals surface area contributed by atoms with E-state index in [4.69, 9.17) is 14.2 Å². The number of carbonyl (C=O) groups is 4.